The van der Waals surface area contributed by atoms with E-state index in [1.807, 2.05) is 4.57 Å². The summed E-state index contributed by atoms with van der Waals surface area (Å²) >= 11 is 3.10. The highest BCUT2D eigenvalue weighted by atomic mass is 79.9. The fraction of sp³-hybridized carbons (Fsp3) is 0.375. The van der Waals surface area contributed by atoms with Crippen molar-refractivity contribution in [1.29, 1.82) is 0 Å². The molecule has 1 aliphatic carbocycles. The molecule has 0 aromatic carbocycles. The molecule has 0 spiro atoms. The highest BCUT2D eigenvalue weighted by Gasteiger charge is 2.23. The van der Waals surface area contributed by atoms with E-state index in [2.05, 4.69) is 15.9 Å². The molecule has 0 unspecified atom stereocenters. The zero-order chi connectivity index (χ0) is 8.72. The van der Waals surface area contributed by atoms with Gasteiger partial charge in [0.2, 0.25) is 5.43 Å². The summed E-state index contributed by atoms with van der Waals surface area (Å²) in [5.41, 5.74) is -0.341. The maximum atomic E-state index is 11.1. The molecule has 1 aliphatic rings. The van der Waals surface area contributed by atoms with Gasteiger partial charge in [-0.15, -0.1) is 0 Å². The van der Waals surface area contributed by atoms with E-state index in [0.717, 1.165) is 12.8 Å². The van der Waals surface area contributed by atoms with Crippen LogP contribution in [0.4, 0.5) is 0 Å². The van der Waals surface area contributed by atoms with Gasteiger partial charge in [-0.3, -0.25) is 4.79 Å². The normalized spacial score (nSPS) is 16.4. The van der Waals surface area contributed by atoms with Crippen molar-refractivity contribution in [3.05, 3.63) is 27.1 Å². The molecule has 0 atom stereocenters. The first kappa shape index (κ1) is 7.86. The third kappa shape index (κ3) is 1.27. The fourth-order valence-electron chi connectivity index (χ4n) is 1.13. The van der Waals surface area contributed by atoms with E-state index in [9.17, 15) is 9.90 Å². The lowest BCUT2D eigenvalue weighted by Crippen LogP contribution is -2.06. The second-order valence-corrected chi connectivity index (χ2v) is 3.85. The van der Waals surface area contributed by atoms with Crippen LogP contribution in [0.1, 0.15) is 18.9 Å². The second kappa shape index (κ2) is 2.62. The van der Waals surface area contributed by atoms with Crippen molar-refractivity contribution in [1.82, 2.24) is 4.57 Å². The minimum atomic E-state index is -0.341. The summed E-state index contributed by atoms with van der Waals surface area (Å²) in [6.45, 7) is 0. The molecule has 1 heterocycles. The lowest BCUT2D eigenvalue weighted by molar-refractivity contribution is 0.460. The first-order valence-electron chi connectivity index (χ1n) is 3.79. The quantitative estimate of drug-likeness (QED) is 0.796. The molecule has 1 fully saturated rings. The molecular formula is C8H8BrNO2. The molecule has 64 valence electrons. The third-order valence-electron chi connectivity index (χ3n) is 1.95. The molecule has 1 saturated carbocycles. The van der Waals surface area contributed by atoms with Crippen molar-refractivity contribution < 1.29 is 5.11 Å². The summed E-state index contributed by atoms with van der Waals surface area (Å²) in [5.74, 6) is -0.184. The minimum Gasteiger partial charge on any atom is -0.503 e. The first-order chi connectivity index (χ1) is 5.68. The zero-order valence-corrected chi connectivity index (χ0v) is 7.91. The van der Waals surface area contributed by atoms with Crippen LogP contribution in [0.2, 0.25) is 0 Å². The molecule has 0 aliphatic heterocycles. The Morgan fingerprint density at radius 3 is 2.67 bits per heavy atom. The predicted molar refractivity (Wildman–Crippen MR) is 48.3 cm³/mol. The molecule has 0 radical (unpaired) electrons. The van der Waals surface area contributed by atoms with Gasteiger partial charge >= 0.3 is 0 Å². The zero-order valence-electron chi connectivity index (χ0n) is 6.33. The largest absolute Gasteiger partial charge is 0.503 e. The Morgan fingerprint density at radius 2 is 2.17 bits per heavy atom. The minimum absolute atomic E-state index is 0.184. The van der Waals surface area contributed by atoms with E-state index in [-0.39, 0.29) is 11.2 Å². The third-order valence-corrected chi connectivity index (χ3v) is 2.52. The van der Waals surface area contributed by atoms with Crippen molar-refractivity contribution in [3.63, 3.8) is 0 Å². The number of nitrogens with zero attached hydrogens (tertiary/aromatic N) is 1. The summed E-state index contributed by atoms with van der Waals surface area (Å²) < 4.78 is 2.30. The number of aromatic hydroxyl groups is 1. The highest BCUT2D eigenvalue weighted by molar-refractivity contribution is 9.10. The topological polar surface area (TPSA) is 42.2 Å². The van der Waals surface area contributed by atoms with Gasteiger partial charge in [0.05, 0.1) is 10.7 Å². The van der Waals surface area contributed by atoms with Gasteiger partial charge in [0.15, 0.2) is 5.75 Å². The van der Waals surface area contributed by atoms with Crippen LogP contribution in [-0.2, 0) is 0 Å². The number of hydrogen-bond donors (Lipinski definition) is 1. The maximum Gasteiger partial charge on any atom is 0.237 e. The Bertz CT molecular complexity index is 342. The van der Waals surface area contributed by atoms with Gasteiger partial charge in [-0.1, -0.05) is 0 Å². The summed E-state index contributed by atoms with van der Waals surface area (Å²) in [6, 6.07) is 0.479. The van der Waals surface area contributed by atoms with Crippen molar-refractivity contribution in [2.45, 2.75) is 18.9 Å². The van der Waals surface area contributed by atoms with E-state index < -0.39 is 0 Å². The molecule has 0 amide bonds. The van der Waals surface area contributed by atoms with Gasteiger partial charge in [-0.05, 0) is 28.8 Å². The van der Waals surface area contributed by atoms with Gasteiger partial charge < -0.3 is 9.67 Å². The molecule has 1 aromatic rings. The lowest BCUT2D eigenvalue weighted by Gasteiger charge is -2.04. The van der Waals surface area contributed by atoms with Crippen LogP contribution in [0, 0.1) is 0 Å². The first-order valence-corrected chi connectivity index (χ1v) is 4.58. The van der Waals surface area contributed by atoms with Crippen LogP contribution in [-0.4, -0.2) is 9.67 Å². The fourth-order valence-corrected chi connectivity index (χ4v) is 1.57. The predicted octanol–water partition coefficient (Wildman–Crippen LogP) is 1.65. The van der Waals surface area contributed by atoms with Crippen molar-refractivity contribution in [3.8, 4) is 5.75 Å². The van der Waals surface area contributed by atoms with Crippen LogP contribution >= 0.6 is 15.9 Å². The molecule has 1 N–H and O–H groups in total. The average molecular weight is 230 g/mol. The van der Waals surface area contributed by atoms with E-state index >= 15 is 0 Å². The lowest BCUT2D eigenvalue weighted by atomic mass is 10.4. The van der Waals surface area contributed by atoms with E-state index in [0.29, 0.717) is 10.5 Å². The van der Waals surface area contributed by atoms with Gasteiger partial charge in [-0.2, -0.15) is 0 Å². The number of halogens is 1. The standard InChI is InChI=1S/C8H8BrNO2/c9-6-3-10(5-1-2-5)4-7(11)8(6)12/h3-5,11H,1-2H2. The van der Waals surface area contributed by atoms with Gasteiger partial charge in [0, 0.05) is 12.2 Å². The molecule has 0 bridgehead atoms. The second-order valence-electron chi connectivity index (χ2n) is 3.00. The molecule has 12 heavy (non-hydrogen) atoms. The van der Waals surface area contributed by atoms with Crippen molar-refractivity contribution in [2.75, 3.05) is 0 Å². The van der Waals surface area contributed by atoms with Crippen LogP contribution in [0.25, 0.3) is 0 Å². The Labute approximate surface area is 77.8 Å². The number of rotatable bonds is 1. The van der Waals surface area contributed by atoms with Crippen LogP contribution < -0.4 is 5.43 Å². The highest BCUT2D eigenvalue weighted by Crippen LogP contribution is 2.35. The maximum absolute atomic E-state index is 11.1. The summed E-state index contributed by atoms with van der Waals surface area (Å²) in [4.78, 5) is 11.1. The molecule has 4 heteroatoms. The monoisotopic (exact) mass is 229 g/mol. The molecule has 1 aromatic heterocycles. The van der Waals surface area contributed by atoms with Gasteiger partial charge in [0.25, 0.3) is 0 Å². The summed E-state index contributed by atoms with van der Waals surface area (Å²) in [5, 5.41) is 9.19. The van der Waals surface area contributed by atoms with Gasteiger partial charge in [-0.25, -0.2) is 0 Å². The van der Waals surface area contributed by atoms with Crippen molar-refractivity contribution >= 4 is 15.9 Å². The average Bonchev–Trinajstić information content (AvgIpc) is 2.81. The summed E-state index contributed by atoms with van der Waals surface area (Å²) in [7, 11) is 0. The smallest absolute Gasteiger partial charge is 0.237 e. The molecule has 3 nitrogen and oxygen atoms in total. The van der Waals surface area contributed by atoms with E-state index in [4.69, 9.17) is 0 Å². The molecule has 2 rings (SSSR count). The molecule has 0 saturated heterocycles. The van der Waals surface area contributed by atoms with E-state index in [1.165, 1.54) is 6.20 Å². The SMILES string of the molecule is O=c1c(O)cn(C2CC2)cc1Br. The van der Waals surface area contributed by atoms with E-state index in [1.54, 1.807) is 6.20 Å². The Morgan fingerprint density at radius 1 is 1.50 bits per heavy atom. The van der Waals surface area contributed by atoms with Gasteiger partial charge in [0.1, 0.15) is 0 Å². The molecular weight excluding hydrogens is 222 g/mol. The Balaban J connectivity index is 2.53. The van der Waals surface area contributed by atoms with Crippen LogP contribution in [0.15, 0.2) is 21.7 Å². The number of pyridine rings is 1. The number of hydrogen-bond acceptors (Lipinski definition) is 2. The number of aromatic nitrogens is 1. The Hall–Kier alpha value is -0.770. The Kier molecular flexibility index (Phi) is 1.72. The van der Waals surface area contributed by atoms with Crippen LogP contribution in [0.5, 0.6) is 5.75 Å². The summed E-state index contributed by atoms with van der Waals surface area (Å²) in [6.07, 6.45) is 5.48. The van der Waals surface area contributed by atoms with Crippen LogP contribution in [0.3, 0.4) is 0 Å². The van der Waals surface area contributed by atoms with Crippen molar-refractivity contribution in [2.24, 2.45) is 0 Å².